The molecule has 2 aliphatic rings. The average molecular weight is 254 g/mol. The van der Waals surface area contributed by atoms with E-state index in [2.05, 4.69) is 41.2 Å². The van der Waals surface area contributed by atoms with Crippen LogP contribution in [-0.2, 0) is 4.74 Å². The second kappa shape index (κ2) is 10.6. The molecule has 1 atom stereocenters. The van der Waals surface area contributed by atoms with Crippen LogP contribution < -0.4 is 0 Å². The Bertz CT molecular complexity index is 191. The molecule has 2 rings (SSSR count). The zero-order chi connectivity index (χ0) is 14.0. The van der Waals surface area contributed by atoms with E-state index >= 15 is 0 Å². The summed E-state index contributed by atoms with van der Waals surface area (Å²) in [6, 6.07) is 0. The Balaban J connectivity index is 0.000000272. The van der Waals surface area contributed by atoms with Crippen LogP contribution >= 0.6 is 0 Å². The van der Waals surface area contributed by atoms with Crippen LogP contribution in [0, 0.1) is 17.8 Å². The monoisotopic (exact) mass is 254 g/mol. The Labute approximate surface area is 115 Å². The van der Waals surface area contributed by atoms with Gasteiger partial charge < -0.3 is 4.74 Å². The van der Waals surface area contributed by atoms with Crippen LogP contribution in [0.3, 0.4) is 0 Å². The predicted octanol–water partition coefficient (Wildman–Crippen LogP) is 5.46. The molecule has 1 saturated carbocycles. The highest BCUT2D eigenvalue weighted by atomic mass is 16.5. The van der Waals surface area contributed by atoms with Crippen molar-refractivity contribution in [2.24, 2.45) is 17.8 Å². The summed E-state index contributed by atoms with van der Waals surface area (Å²) in [4.78, 5) is 0. The fourth-order valence-corrected chi connectivity index (χ4v) is 2.04. The lowest BCUT2D eigenvalue weighted by Crippen LogP contribution is -2.01. The number of allylic oxidation sites excluding steroid dienone is 1. The lowest BCUT2D eigenvalue weighted by molar-refractivity contribution is 0.198. The van der Waals surface area contributed by atoms with Crippen LogP contribution in [-0.4, -0.2) is 13.2 Å². The fraction of sp³-hybridized carbons (Fsp3) is 0.882. The third-order valence-corrected chi connectivity index (χ3v) is 3.19. The van der Waals surface area contributed by atoms with Crippen LogP contribution in [0.5, 0.6) is 0 Å². The normalized spacial score (nSPS) is 22.6. The van der Waals surface area contributed by atoms with Crippen LogP contribution in [0.1, 0.15) is 66.7 Å². The molecule has 0 N–H and O–H groups in total. The van der Waals surface area contributed by atoms with Gasteiger partial charge in [0, 0.05) is 13.2 Å². The molecule has 0 bridgehead atoms. The van der Waals surface area contributed by atoms with E-state index in [4.69, 9.17) is 4.74 Å². The van der Waals surface area contributed by atoms with Crippen LogP contribution in [0.15, 0.2) is 12.2 Å². The molecule has 0 amide bonds. The van der Waals surface area contributed by atoms with E-state index < -0.39 is 0 Å². The van der Waals surface area contributed by atoms with E-state index in [1.54, 1.807) is 0 Å². The van der Waals surface area contributed by atoms with E-state index in [1.165, 1.54) is 37.7 Å². The second-order valence-corrected chi connectivity index (χ2v) is 6.55. The second-order valence-electron chi connectivity index (χ2n) is 6.55. The average Bonchev–Trinajstić information content (AvgIpc) is 2.88. The molecule has 1 heterocycles. The van der Waals surface area contributed by atoms with E-state index in [0.29, 0.717) is 0 Å². The molecular weight excluding hydrogens is 220 g/mol. The first kappa shape index (κ1) is 17.7. The molecule has 0 radical (unpaired) electrons. The van der Waals surface area contributed by atoms with Crippen molar-refractivity contribution in [3.8, 4) is 0 Å². The third kappa shape index (κ3) is 10.8. The zero-order valence-electron chi connectivity index (χ0n) is 13.3. The van der Waals surface area contributed by atoms with Gasteiger partial charge in [-0.15, -0.1) is 0 Å². The highest BCUT2D eigenvalue weighted by Gasteiger charge is 2.20. The molecule has 1 saturated heterocycles. The van der Waals surface area contributed by atoms with Gasteiger partial charge in [-0.3, -0.25) is 0 Å². The van der Waals surface area contributed by atoms with Gasteiger partial charge in [-0.2, -0.15) is 0 Å². The summed E-state index contributed by atoms with van der Waals surface area (Å²) in [5, 5.41) is 0. The minimum Gasteiger partial charge on any atom is -0.381 e. The van der Waals surface area contributed by atoms with Crippen LogP contribution in [0.4, 0.5) is 0 Å². The molecule has 1 unspecified atom stereocenters. The molecule has 0 aromatic rings. The minimum absolute atomic E-state index is 0.833. The first-order chi connectivity index (χ1) is 8.43. The lowest BCUT2D eigenvalue weighted by atomic mass is 9.94. The van der Waals surface area contributed by atoms with Crippen molar-refractivity contribution in [1.82, 2.24) is 0 Å². The van der Waals surface area contributed by atoms with Crippen LogP contribution in [0.25, 0.3) is 0 Å². The molecule has 108 valence electrons. The van der Waals surface area contributed by atoms with Crippen molar-refractivity contribution in [2.75, 3.05) is 13.2 Å². The van der Waals surface area contributed by atoms with Gasteiger partial charge in [-0.05, 0) is 49.9 Å². The first-order valence-corrected chi connectivity index (χ1v) is 7.67. The van der Waals surface area contributed by atoms with Crippen molar-refractivity contribution in [2.45, 2.75) is 66.7 Å². The van der Waals surface area contributed by atoms with E-state index in [-0.39, 0.29) is 0 Å². The molecule has 0 aromatic carbocycles. The van der Waals surface area contributed by atoms with Gasteiger partial charge in [0.1, 0.15) is 0 Å². The quantitative estimate of drug-likeness (QED) is 0.565. The van der Waals surface area contributed by atoms with Gasteiger partial charge in [0.05, 0.1) is 0 Å². The minimum atomic E-state index is 0.833. The molecule has 1 aliphatic carbocycles. The standard InChI is InChI=1S/C9H16.C4H8O.C4H10/c1-7(2)9-5-4-8(3)6-9;1-2-4-5-3-1;1-4(2)3/h7,9H,3-6H2,1-2H3;1-4H2;4H,1-3H3. The fourth-order valence-electron chi connectivity index (χ4n) is 2.04. The molecule has 1 aliphatic heterocycles. The summed E-state index contributed by atoms with van der Waals surface area (Å²) in [5.74, 6) is 2.64. The van der Waals surface area contributed by atoms with Crippen molar-refractivity contribution in [3.05, 3.63) is 12.2 Å². The van der Waals surface area contributed by atoms with E-state index in [1.807, 2.05) is 0 Å². The maximum Gasteiger partial charge on any atom is 0.0466 e. The molecular formula is C17H34O. The Kier molecular flexibility index (Phi) is 10.4. The highest BCUT2D eigenvalue weighted by Crippen LogP contribution is 2.33. The SMILES string of the molecule is C1CCOC1.C=C1CCC(C(C)C)C1.CC(C)C. The topological polar surface area (TPSA) is 9.23 Å². The summed E-state index contributed by atoms with van der Waals surface area (Å²) in [6.45, 7) is 17.1. The largest absolute Gasteiger partial charge is 0.381 e. The third-order valence-electron chi connectivity index (χ3n) is 3.19. The van der Waals surface area contributed by atoms with Crippen molar-refractivity contribution in [1.29, 1.82) is 0 Å². The number of rotatable bonds is 1. The van der Waals surface area contributed by atoms with Crippen LogP contribution in [0.2, 0.25) is 0 Å². The van der Waals surface area contributed by atoms with Crippen molar-refractivity contribution >= 4 is 0 Å². The van der Waals surface area contributed by atoms with Crippen molar-refractivity contribution in [3.63, 3.8) is 0 Å². The molecule has 0 aromatic heterocycles. The smallest absolute Gasteiger partial charge is 0.0466 e. The summed E-state index contributed by atoms with van der Waals surface area (Å²) >= 11 is 0. The molecule has 2 fully saturated rings. The zero-order valence-corrected chi connectivity index (χ0v) is 13.3. The highest BCUT2D eigenvalue weighted by molar-refractivity contribution is 5.02. The van der Waals surface area contributed by atoms with Gasteiger partial charge in [0.25, 0.3) is 0 Å². The molecule has 18 heavy (non-hydrogen) atoms. The van der Waals surface area contributed by atoms with Gasteiger partial charge in [-0.1, -0.05) is 46.8 Å². The van der Waals surface area contributed by atoms with E-state index in [0.717, 1.165) is 31.0 Å². The maximum absolute atomic E-state index is 4.94. The summed E-state index contributed by atoms with van der Waals surface area (Å²) in [6.07, 6.45) is 6.51. The van der Waals surface area contributed by atoms with Gasteiger partial charge in [0.2, 0.25) is 0 Å². The van der Waals surface area contributed by atoms with Gasteiger partial charge in [0.15, 0.2) is 0 Å². The van der Waals surface area contributed by atoms with Crippen molar-refractivity contribution < 1.29 is 4.74 Å². The van der Waals surface area contributed by atoms with E-state index in [9.17, 15) is 0 Å². The predicted molar refractivity (Wildman–Crippen MR) is 81.9 cm³/mol. The number of hydrogen-bond donors (Lipinski definition) is 0. The Hall–Kier alpha value is -0.300. The Morgan fingerprint density at radius 2 is 1.56 bits per heavy atom. The van der Waals surface area contributed by atoms with Gasteiger partial charge in [-0.25, -0.2) is 0 Å². The maximum atomic E-state index is 4.94. The Morgan fingerprint density at radius 3 is 1.72 bits per heavy atom. The molecule has 0 spiro atoms. The van der Waals surface area contributed by atoms with Gasteiger partial charge >= 0.3 is 0 Å². The summed E-state index contributed by atoms with van der Waals surface area (Å²) in [5.41, 5.74) is 1.47. The lowest BCUT2D eigenvalue weighted by Gasteiger charge is -2.11. The Morgan fingerprint density at radius 1 is 1.06 bits per heavy atom. The molecule has 1 heteroatoms. The molecule has 1 nitrogen and oxygen atoms in total. The summed E-state index contributed by atoms with van der Waals surface area (Å²) in [7, 11) is 0. The number of ether oxygens (including phenoxy) is 1. The summed E-state index contributed by atoms with van der Waals surface area (Å²) < 4.78 is 4.94. The first-order valence-electron chi connectivity index (χ1n) is 7.67. The number of hydrogen-bond acceptors (Lipinski definition) is 1.